The van der Waals surface area contributed by atoms with Gasteiger partial charge in [-0.2, -0.15) is 0 Å². The summed E-state index contributed by atoms with van der Waals surface area (Å²) < 4.78 is 0.972. The van der Waals surface area contributed by atoms with Gasteiger partial charge in [-0.15, -0.1) is 0 Å². The van der Waals surface area contributed by atoms with E-state index in [0.29, 0.717) is 5.02 Å². The van der Waals surface area contributed by atoms with Crippen LogP contribution in [-0.4, -0.2) is 13.6 Å². The molecule has 0 heterocycles. The van der Waals surface area contributed by atoms with Gasteiger partial charge in [-0.1, -0.05) is 51.8 Å². The van der Waals surface area contributed by atoms with Crippen molar-refractivity contribution >= 4 is 33.2 Å². The summed E-state index contributed by atoms with van der Waals surface area (Å²) in [6, 6.07) is 16.1. The van der Waals surface area contributed by atoms with Gasteiger partial charge in [-0.3, -0.25) is 0 Å². The molecule has 4 heteroatoms. The van der Waals surface area contributed by atoms with Crippen molar-refractivity contribution in [1.82, 2.24) is 0 Å². The van der Waals surface area contributed by atoms with E-state index in [2.05, 4.69) is 40.0 Å². The highest BCUT2D eigenvalue weighted by molar-refractivity contribution is 9.10. The van der Waals surface area contributed by atoms with Crippen LogP contribution in [0.25, 0.3) is 0 Å². The Bertz CT molecular complexity index is 560. The molecule has 2 aromatic rings. The second kappa shape index (κ2) is 7.11. The summed E-state index contributed by atoms with van der Waals surface area (Å²) in [5.41, 5.74) is 8.44. The molecule has 0 aliphatic rings. The van der Waals surface area contributed by atoms with E-state index in [0.717, 1.165) is 23.0 Å². The number of anilines is 1. The Morgan fingerprint density at radius 1 is 1.20 bits per heavy atom. The topological polar surface area (TPSA) is 29.3 Å². The summed E-state index contributed by atoms with van der Waals surface area (Å²) in [5.74, 6) is 0. The van der Waals surface area contributed by atoms with Crippen molar-refractivity contribution in [2.45, 2.75) is 12.5 Å². The lowest BCUT2D eigenvalue weighted by Gasteiger charge is -2.22. The Morgan fingerprint density at radius 2 is 1.90 bits per heavy atom. The molecule has 0 radical (unpaired) electrons. The van der Waals surface area contributed by atoms with E-state index in [9.17, 15) is 0 Å². The third-order valence-electron chi connectivity index (χ3n) is 3.33. The van der Waals surface area contributed by atoms with Gasteiger partial charge in [0.05, 0.1) is 0 Å². The minimum Gasteiger partial charge on any atom is -0.375 e. The van der Waals surface area contributed by atoms with Crippen molar-refractivity contribution in [3.8, 4) is 0 Å². The van der Waals surface area contributed by atoms with Crippen LogP contribution in [0.3, 0.4) is 0 Å². The van der Waals surface area contributed by atoms with Crippen LogP contribution in [0.4, 0.5) is 5.69 Å². The maximum atomic E-state index is 6.25. The largest absolute Gasteiger partial charge is 0.375 e. The molecule has 0 bridgehead atoms. The Labute approximate surface area is 133 Å². The molecule has 0 aliphatic carbocycles. The lowest BCUT2D eigenvalue weighted by molar-refractivity contribution is 0.645. The SMILES string of the molecule is CN(CCC(N)c1ccc(Br)cc1Cl)c1ccccc1. The number of benzene rings is 2. The standard InChI is InChI=1S/C16H18BrClN2/c1-20(13-5-3-2-4-6-13)10-9-16(19)14-8-7-12(17)11-15(14)18/h2-8,11,16H,9-10,19H2,1H3. The van der Waals surface area contributed by atoms with Crippen LogP contribution in [0, 0.1) is 0 Å². The first-order valence-corrected chi connectivity index (χ1v) is 7.71. The normalized spacial score (nSPS) is 12.2. The number of para-hydroxylation sites is 1. The number of rotatable bonds is 5. The van der Waals surface area contributed by atoms with E-state index in [4.69, 9.17) is 17.3 Å². The van der Waals surface area contributed by atoms with Crippen LogP contribution in [-0.2, 0) is 0 Å². The summed E-state index contributed by atoms with van der Waals surface area (Å²) in [6.07, 6.45) is 0.854. The van der Waals surface area contributed by atoms with Crippen LogP contribution in [0.5, 0.6) is 0 Å². The fraction of sp³-hybridized carbons (Fsp3) is 0.250. The molecular weight excluding hydrogens is 336 g/mol. The highest BCUT2D eigenvalue weighted by Gasteiger charge is 2.11. The van der Waals surface area contributed by atoms with Crippen molar-refractivity contribution in [3.05, 3.63) is 63.6 Å². The average Bonchev–Trinajstić information content (AvgIpc) is 2.45. The molecule has 2 aromatic carbocycles. The molecule has 0 spiro atoms. The van der Waals surface area contributed by atoms with Crippen molar-refractivity contribution in [3.63, 3.8) is 0 Å². The second-order valence-electron chi connectivity index (χ2n) is 4.82. The number of halogens is 2. The highest BCUT2D eigenvalue weighted by Crippen LogP contribution is 2.27. The van der Waals surface area contributed by atoms with E-state index < -0.39 is 0 Å². The first kappa shape index (κ1) is 15.4. The lowest BCUT2D eigenvalue weighted by Crippen LogP contribution is -2.23. The first-order valence-electron chi connectivity index (χ1n) is 6.54. The van der Waals surface area contributed by atoms with Gasteiger partial charge in [0.2, 0.25) is 0 Å². The maximum absolute atomic E-state index is 6.25. The molecular formula is C16H18BrClN2. The van der Waals surface area contributed by atoms with E-state index >= 15 is 0 Å². The Hall–Kier alpha value is -1.03. The fourth-order valence-electron chi connectivity index (χ4n) is 2.10. The zero-order valence-corrected chi connectivity index (χ0v) is 13.7. The lowest BCUT2D eigenvalue weighted by atomic mass is 10.0. The van der Waals surface area contributed by atoms with Crippen LogP contribution < -0.4 is 10.6 Å². The number of nitrogens with zero attached hydrogens (tertiary/aromatic N) is 1. The van der Waals surface area contributed by atoms with Crippen molar-refractivity contribution in [2.24, 2.45) is 5.73 Å². The summed E-state index contributed by atoms with van der Waals surface area (Å²) in [5, 5.41) is 0.717. The van der Waals surface area contributed by atoms with Crippen molar-refractivity contribution < 1.29 is 0 Å². The van der Waals surface area contributed by atoms with Gasteiger partial charge in [-0.25, -0.2) is 0 Å². The molecule has 2 N–H and O–H groups in total. The van der Waals surface area contributed by atoms with E-state index in [1.807, 2.05) is 36.4 Å². The van der Waals surface area contributed by atoms with Gasteiger partial charge in [0.1, 0.15) is 0 Å². The second-order valence-corrected chi connectivity index (χ2v) is 6.14. The third-order valence-corrected chi connectivity index (χ3v) is 4.16. The molecule has 0 saturated heterocycles. The number of hydrogen-bond acceptors (Lipinski definition) is 2. The van der Waals surface area contributed by atoms with Gasteiger partial charge >= 0.3 is 0 Å². The first-order chi connectivity index (χ1) is 9.58. The molecule has 2 rings (SSSR count). The Balaban J connectivity index is 1.96. The summed E-state index contributed by atoms with van der Waals surface area (Å²) >= 11 is 9.64. The quantitative estimate of drug-likeness (QED) is 0.849. The molecule has 1 atom stereocenters. The van der Waals surface area contributed by atoms with Gasteiger partial charge in [0.25, 0.3) is 0 Å². The van der Waals surface area contributed by atoms with E-state index in [1.165, 1.54) is 5.69 Å². The number of hydrogen-bond donors (Lipinski definition) is 1. The van der Waals surface area contributed by atoms with Crippen LogP contribution in [0.15, 0.2) is 53.0 Å². The fourth-order valence-corrected chi connectivity index (χ4v) is 2.92. The highest BCUT2D eigenvalue weighted by atomic mass is 79.9. The zero-order valence-electron chi connectivity index (χ0n) is 11.4. The zero-order chi connectivity index (χ0) is 14.5. The molecule has 2 nitrogen and oxygen atoms in total. The van der Waals surface area contributed by atoms with Crippen LogP contribution >= 0.6 is 27.5 Å². The Morgan fingerprint density at radius 3 is 2.55 bits per heavy atom. The number of nitrogens with two attached hydrogens (primary N) is 1. The summed E-state index contributed by atoms with van der Waals surface area (Å²) in [4.78, 5) is 2.20. The van der Waals surface area contributed by atoms with Gasteiger partial charge in [0, 0.05) is 34.8 Å². The smallest absolute Gasteiger partial charge is 0.0464 e. The van der Waals surface area contributed by atoms with Crippen LogP contribution in [0.2, 0.25) is 5.02 Å². The van der Waals surface area contributed by atoms with Gasteiger partial charge < -0.3 is 10.6 Å². The molecule has 0 saturated carbocycles. The van der Waals surface area contributed by atoms with Crippen LogP contribution in [0.1, 0.15) is 18.0 Å². The molecule has 106 valence electrons. The average molecular weight is 354 g/mol. The minimum atomic E-state index is -0.0539. The third kappa shape index (κ3) is 3.98. The van der Waals surface area contributed by atoms with Gasteiger partial charge in [-0.05, 0) is 36.2 Å². The Kier molecular flexibility index (Phi) is 5.46. The molecule has 1 unspecified atom stereocenters. The van der Waals surface area contributed by atoms with E-state index in [1.54, 1.807) is 0 Å². The molecule has 20 heavy (non-hydrogen) atoms. The van der Waals surface area contributed by atoms with Crippen molar-refractivity contribution in [2.75, 3.05) is 18.5 Å². The van der Waals surface area contributed by atoms with E-state index in [-0.39, 0.29) is 6.04 Å². The van der Waals surface area contributed by atoms with Crippen molar-refractivity contribution in [1.29, 1.82) is 0 Å². The van der Waals surface area contributed by atoms with Gasteiger partial charge in [0.15, 0.2) is 0 Å². The molecule has 0 aromatic heterocycles. The maximum Gasteiger partial charge on any atom is 0.0464 e. The monoisotopic (exact) mass is 352 g/mol. The molecule has 0 aliphatic heterocycles. The summed E-state index contributed by atoms with van der Waals surface area (Å²) in [6.45, 7) is 0.886. The molecule has 0 fully saturated rings. The predicted octanol–water partition coefficient (Wildman–Crippen LogP) is 4.63. The predicted molar refractivity (Wildman–Crippen MR) is 90.4 cm³/mol. The molecule has 0 amide bonds. The minimum absolute atomic E-state index is 0.0539. The summed E-state index contributed by atoms with van der Waals surface area (Å²) in [7, 11) is 2.07.